The summed E-state index contributed by atoms with van der Waals surface area (Å²) in [4.78, 5) is 12.1. The van der Waals surface area contributed by atoms with Gasteiger partial charge < -0.3 is 0 Å². The molecule has 0 saturated carbocycles. The van der Waals surface area contributed by atoms with Crippen LogP contribution in [0.1, 0.15) is 10.4 Å². The van der Waals surface area contributed by atoms with E-state index in [0.29, 0.717) is 0 Å². The molecule has 1 aromatic carbocycles. The summed E-state index contributed by atoms with van der Waals surface area (Å²) in [7, 11) is -3.60. The van der Waals surface area contributed by atoms with E-state index in [1.165, 1.54) is 23.9 Å². The fourth-order valence-electron chi connectivity index (χ4n) is 1.27. The first-order valence-electron chi connectivity index (χ1n) is 3.80. The largest absolute Gasteiger partial charge is 0.268 e. The number of hydrogen-bond donors (Lipinski definition) is 1. The average molecular weight is 229 g/mol. The second kappa shape index (κ2) is 2.99. The SMILES string of the molecule is CSc1ccc2c(c1)S(=O)(=O)NC2=O. The van der Waals surface area contributed by atoms with Gasteiger partial charge in [-0.25, -0.2) is 13.1 Å². The Morgan fingerprint density at radius 3 is 2.71 bits per heavy atom. The van der Waals surface area contributed by atoms with Gasteiger partial charge in [0.2, 0.25) is 0 Å². The molecule has 0 radical (unpaired) electrons. The lowest BCUT2D eigenvalue weighted by atomic mass is 10.2. The summed E-state index contributed by atoms with van der Waals surface area (Å²) < 4.78 is 24.7. The molecule has 74 valence electrons. The van der Waals surface area contributed by atoms with Crippen LogP contribution >= 0.6 is 11.8 Å². The Hall–Kier alpha value is -1.01. The maximum absolute atomic E-state index is 11.4. The van der Waals surface area contributed by atoms with Crippen LogP contribution in [0.4, 0.5) is 0 Å². The predicted molar refractivity (Wildman–Crippen MR) is 52.9 cm³/mol. The van der Waals surface area contributed by atoms with Crippen LogP contribution in [0.2, 0.25) is 0 Å². The van der Waals surface area contributed by atoms with Crippen LogP contribution in [-0.4, -0.2) is 20.6 Å². The van der Waals surface area contributed by atoms with Crippen molar-refractivity contribution in [3.63, 3.8) is 0 Å². The van der Waals surface area contributed by atoms with Crippen molar-refractivity contribution in [1.82, 2.24) is 4.72 Å². The van der Waals surface area contributed by atoms with E-state index >= 15 is 0 Å². The minimum atomic E-state index is -3.60. The zero-order valence-corrected chi connectivity index (χ0v) is 8.91. The lowest BCUT2D eigenvalue weighted by molar-refractivity contribution is 0.0985. The molecule has 0 atom stereocenters. The molecule has 1 amide bonds. The van der Waals surface area contributed by atoms with E-state index in [1.807, 2.05) is 11.0 Å². The summed E-state index contributed by atoms with van der Waals surface area (Å²) in [6, 6.07) is 4.76. The van der Waals surface area contributed by atoms with Crippen LogP contribution < -0.4 is 4.72 Å². The van der Waals surface area contributed by atoms with Crippen molar-refractivity contribution in [1.29, 1.82) is 0 Å². The number of hydrogen-bond acceptors (Lipinski definition) is 4. The zero-order valence-electron chi connectivity index (χ0n) is 7.27. The second-order valence-corrected chi connectivity index (χ2v) is 5.33. The van der Waals surface area contributed by atoms with Crippen molar-refractivity contribution in [2.75, 3.05) is 6.26 Å². The minimum absolute atomic E-state index is 0.0781. The third-order valence-corrected chi connectivity index (χ3v) is 4.05. The second-order valence-electron chi connectivity index (χ2n) is 2.80. The van der Waals surface area contributed by atoms with Crippen molar-refractivity contribution >= 4 is 27.7 Å². The lowest BCUT2D eigenvalue weighted by Crippen LogP contribution is -2.20. The van der Waals surface area contributed by atoms with Crippen molar-refractivity contribution < 1.29 is 13.2 Å². The van der Waals surface area contributed by atoms with Crippen LogP contribution in [0, 0.1) is 0 Å². The monoisotopic (exact) mass is 229 g/mol. The van der Waals surface area contributed by atoms with Gasteiger partial charge in [0, 0.05) is 4.90 Å². The summed E-state index contributed by atoms with van der Waals surface area (Å²) >= 11 is 1.43. The van der Waals surface area contributed by atoms with Crippen molar-refractivity contribution in [3.05, 3.63) is 23.8 Å². The Bertz CT molecular complexity index is 507. The molecule has 0 bridgehead atoms. The number of thioether (sulfide) groups is 1. The topological polar surface area (TPSA) is 63.2 Å². The first-order chi connectivity index (χ1) is 6.54. The highest BCUT2D eigenvalue weighted by Gasteiger charge is 2.32. The summed E-state index contributed by atoms with van der Waals surface area (Å²) in [6.45, 7) is 0. The molecule has 0 spiro atoms. The molecular weight excluding hydrogens is 222 g/mol. The zero-order chi connectivity index (χ0) is 10.3. The minimum Gasteiger partial charge on any atom is -0.268 e. The van der Waals surface area contributed by atoms with Gasteiger partial charge in [-0.2, -0.15) is 0 Å². The van der Waals surface area contributed by atoms with Gasteiger partial charge in [0.15, 0.2) is 0 Å². The number of carbonyl (C=O) groups is 1. The third-order valence-electron chi connectivity index (χ3n) is 1.95. The molecule has 0 saturated heterocycles. The smallest absolute Gasteiger partial charge is 0.266 e. The fraction of sp³-hybridized carbons (Fsp3) is 0.125. The van der Waals surface area contributed by atoms with E-state index in [2.05, 4.69) is 0 Å². The molecule has 0 fully saturated rings. The van der Waals surface area contributed by atoms with Gasteiger partial charge in [0.05, 0.1) is 5.56 Å². The quantitative estimate of drug-likeness (QED) is 0.725. The summed E-state index contributed by atoms with van der Waals surface area (Å²) in [5.41, 5.74) is 0.225. The van der Waals surface area contributed by atoms with Crippen LogP contribution in [0.5, 0.6) is 0 Å². The Labute approximate surface area is 85.8 Å². The number of fused-ring (bicyclic) bond motifs is 1. The lowest BCUT2D eigenvalue weighted by Gasteiger charge is -1.98. The van der Waals surface area contributed by atoms with Crippen molar-refractivity contribution in [2.24, 2.45) is 0 Å². The molecular formula is C8H7NO3S2. The molecule has 0 aromatic heterocycles. The van der Waals surface area contributed by atoms with Crippen molar-refractivity contribution in [2.45, 2.75) is 9.79 Å². The van der Waals surface area contributed by atoms with Gasteiger partial charge in [-0.05, 0) is 24.5 Å². The summed E-state index contributed by atoms with van der Waals surface area (Å²) in [5.74, 6) is -0.548. The van der Waals surface area contributed by atoms with Crippen LogP contribution in [0.3, 0.4) is 0 Å². The molecule has 14 heavy (non-hydrogen) atoms. The van der Waals surface area contributed by atoms with Gasteiger partial charge in [-0.1, -0.05) is 0 Å². The van der Waals surface area contributed by atoms with Gasteiger partial charge >= 0.3 is 0 Å². The van der Waals surface area contributed by atoms with E-state index in [9.17, 15) is 13.2 Å². The highest BCUT2D eigenvalue weighted by atomic mass is 32.2. The molecule has 2 rings (SSSR count). The Balaban J connectivity index is 2.71. The summed E-state index contributed by atoms with van der Waals surface area (Å²) in [5, 5.41) is 0. The number of nitrogens with one attached hydrogen (secondary N) is 1. The number of carbonyl (C=O) groups excluding carboxylic acids is 1. The van der Waals surface area contributed by atoms with E-state index in [1.54, 1.807) is 6.07 Å². The number of benzene rings is 1. The molecule has 1 aliphatic heterocycles. The molecule has 1 N–H and O–H groups in total. The number of sulfonamides is 1. The molecule has 0 unspecified atom stereocenters. The maximum Gasteiger partial charge on any atom is 0.266 e. The van der Waals surface area contributed by atoms with Crippen molar-refractivity contribution in [3.8, 4) is 0 Å². The molecule has 1 aromatic rings. The number of amides is 1. The Morgan fingerprint density at radius 2 is 2.07 bits per heavy atom. The van der Waals surface area contributed by atoms with Gasteiger partial charge in [-0.15, -0.1) is 11.8 Å². The van der Waals surface area contributed by atoms with E-state index in [-0.39, 0.29) is 10.5 Å². The van der Waals surface area contributed by atoms with Gasteiger partial charge in [0.25, 0.3) is 15.9 Å². The van der Waals surface area contributed by atoms with E-state index < -0.39 is 15.9 Å². The molecule has 4 nitrogen and oxygen atoms in total. The normalized spacial score (nSPS) is 17.6. The highest BCUT2D eigenvalue weighted by Crippen LogP contribution is 2.26. The van der Waals surface area contributed by atoms with Crippen LogP contribution in [0.25, 0.3) is 0 Å². The predicted octanol–water partition coefficient (Wildman–Crippen LogP) is 0.841. The first-order valence-corrected chi connectivity index (χ1v) is 6.50. The number of rotatable bonds is 1. The van der Waals surface area contributed by atoms with Crippen LogP contribution in [-0.2, 0) is 10.0 Å². The molecule has 1 aliphatic rings. The van der Waals surface area contributed by atoms with Crippen LogP contribution in [0.15, 0.2) is 28.0 Å². The highest BCUT2D eigenvalue weighted by molar-refractivity contribution is 7.98. The third kappa shape index (κ3) is 1.31. The molecule has 6 heteroatoms. The van der Waals surface area contributed by atoms with E-state index in [0.717, 1.165) is 4.90 Å². The average Bonchev–Trinajstić information content (AvgIpc) is 2.37. The summed E-state index contributed by atoms with van der Waals surface area (Å²) in [6.07, 6.45) is 1.85. The molecule has 1 heterocycles. The standard InChI is InChI=1S/C8H7NO3S2/c1-13-5-2-3-6-7(4-5)14(11,12)9-8(6)10/h2-4H,1H3,(H,9,10). The maximum atomic E-state index is 11.4. The fourth-order valence-corrected chi connectivity index (χ4v) is 2.98. The van der Waals surface area contributed by atoms with Gasteiger partial charge in [0.1, 0.15) is 4.90 Å². The van der Waals surface area contributed by atoms with Gasteiger partial charge in [-0.3, -0.25) is 4.79 Å². The molecule has 0 aliphatic carbocycles. The Kier molecular flexibility index (Phi) is 2.04. The van der Waals surface area contributed by atoms with E-state index in [4.69, 9.17) is 0 Å². The Morgan fingerprint density at radius 1 is 1.36 bits per heavy atom. The first kappa shape index (κ1) is 9.54.